The van der Waals surface area contributed by atoms with Crippen LogP contribution in [0, 0.1) is 0 Å². The van der Waals surface area contributed by atoms with Gasteiger partial charge in [-0.15, -0.1) is 5.10 Å². The van der Waals surface area contributed by atoms with Gasteiger partial charge in [0.15, 0.2) is 0 Å². The minimum atomic E-state index is -1.01. The Labute approximate surface area is 138 Å². The summed E-state index contributed by atoms with van der Waals surface area (Å²) in [6, 6.07) is 7.65. The maximum absolute atomic E-state index is 11.4. The van der Waals surface area contributed by atoms with Gasteiger partial charge in [-0.25, -0.2) is 9.48 Å². The molecule has 0 fully saturated rings. The van der Waals surface area contributed by atoms with Crippen LogP contribution in [0.25, 0.3) is 0 Å². The second-order valence-electron chi connectivity index (χ2n) is 5.31. The molecule has 1 aromatic heterocycles. The highest BCUT2D eigenvalue weighted by molar-refractivity contribution is 7.98. The lowest BCUT2D eigenvalue weighted by Crippen LogP contribution is -2.24. The number of hydrogen-bond acceptors (Lipinski definition) is 6. The molecular weight excluding hydrogens is 314 g/mol. The zero-order chi connectivity index (χ0) is 16.6. The summed E-state index contributed by atoms with van der Waals surface area (Å²) in [5.41, 5.74) is 2.14. The average Bonchev–Trinajstić information content (AvgIpc) is 2.97. The Balaban J connectivity index is 2.05. The van der Waals surface area contributed by atoms with Gasteiger partial charge in [-0.05, 0) is 30.0 Å². The molecule has 0 saturated carbocycles. The highest BCUT2D eigenvalue weighted by atomic mass is 32.2. The molecule has 1 aromatic carbocycles. The van der Waals surface area contributed by atoms with Crippen LogP contribution < -0.4 is 10.2 Å². The Morgan fingerprint density at radius 3 is 2.61 bits per heavy atom. The summed E-state index contributed by atoms with van der Waals surface area (Å²) < 4.78 is 1.71. The molecule has 120 valence electrons. The largest absolute Gasteiger partial charge is 0.477 e. The number of rotatable bonds is 4. The van der Waals surface area contributed by atoms with Crippen LogP contribution in [-0.2, 0) is 4.79 Å². The van der Waals surface area contributed by atoms with Crippen molar-refractivity contribution >= 4 is 29.4 Å². The topological polar surface area (TPSA) is 83.3 Å². The Bertz CT molecular complexity index is 767. The van der Waals surface area contributed by atoms with E-state index in [0.29, 0.717) is 11.1 Å². The SMILES string of the molecule is CSc1nc2n(n1)[C@@H](c1ccc(N(C)C)cc1)C=C(C(=O)O)N2. The van der Waals surface area contributed by atoms with Crippen molar-refractivity contribution in [2.75, 3.05) is 30.6 Å². The number of aromatic nitrogens is 3. The van der Waals surface area contributed by atoms with Gasteiger partial charge in [0.25, 0.3) is 0 Å². The van der Waals surface area contributed by atoms with Crippen LogP contribution in [0.2, 0.25) is 0 Å². The molecule has 8 heteroatoms. The number of benzene rings is 1. The van der Waals surface area contributed by atoms with E-state index in [0.717, 1.165) is 11.3 Å². The minimum absolute atomic E-state index is 0.110. The van der Waals surface area contributed by atoms with Crippen molar-refractivity contribution in [3.05, 3.63) is 41.6 Å². The zero-order valence-electron chi connectivity index (χ0n) is 13.0. The number of carboxylic acids is 1. The minimum Gasteiger partial charge on any atom is -0.477 e. The fraction of sp³-hybridized carbons (Fsp3) is 0.267. The van der Waals surface area contributed by atoms with Crippen LogP contribution in [0.4, 0.5) is 11.6 Å². The second-order valence-corrected chi connectivity index (χ2v) is 6.08. The number of nitrogens with one attached hydrogen (secondary N) is 1. The van der Waals surface area contributed by atoms with E-state index in [2.05, 4.69) is 15.4 Å². The van der Waals surface area contributed by atoms with Gasteiger partial charge >= 0.3 is 5.97 Å². The Hall–Kier alpha value is -2.48. The summed E-state index contributed by atoms with van der Waals surface area (Å²) in [6.45, 7) is 0. The summed E-state index contributed by atoms with van der Waals surface area (Å²) in [4.78, 5) is 17.7. The number of carbonyl (C=O) groups is 1. The van der Waals surface area contributed by atoms with E-state index in [9.17, 15) is 9.90 Å². The monoisotopic (exact) mass is 331 g/mol. The van der Waals surface area contributed by atoms with Crippen LogP contribution >= 0.6 is 11.8 Å². The zero-order valence-corrected chi connectivity index (χ0v) is 13.8. The molecule has 0 amide bonds. The molecule has 1 aliphatic rings. The van der Waals surface area contributed by atoms with Crippen LogP contribution in [-0.4, -0.2) is 46.2 Å². The summed E-state index contributed by atoms with van der Waals surface area (Å²) >= 11 is 1.42. The number of carboxylic acid groups (broad SMARTS) is 1. The fourth-order valence-corrected chi connectivity index (χ4v) is 2.74. The predicted molar refractivity (Wildman–Crippen MR) is 90.1 cm³/mol. The van der Waals surface area contributed by atoms with Gasteiger partial charge in [0.1, 0.15) is 11.7 Å². The molecule has 1 atom stereocenters. The Morgan fingerprint density at radius 2 is 2.04 bits per heavy atom. The molecule has 0 unspecified atom stereocenters. The lowest BCUT2D eigenvalue weighted by Gasteiger charge is -2.23. The molecule has 2 aromatic rings. The number of nitrogens with zero attached hydrogens (tertiary/aromatic N) is 4. The van der Waals surface area contributed by atoms with Crippen LogP contribution in [0.15, 0.2) is 41.2 Å². The highest BCUT2D eigenvalue weighted by Gasteiger charge is 2.27. The number of hydrogen-bond donors (Lipinski definition) is 2. The third-order valence-electron chi connectivity index (χ3n) is 3.61. The van der Waals surface area contributed by atoms with Crippen molar-refractivity contribution in [1.29, 1.82) is 0 Å². The van der Waals surface area contributed by atoms with E-state index in [1.54, 1.807) is 10.8 Å². The van der Waals surface area contributed by atoms with Crippen LogP contribution in [0.1, 0.15) is 11.6 Å². The van der Waals surface area contributed by atoms with Gasteiger partial charge in [-0.1, -0.05) is 23.9 Å². The first-order chi connectivity index (χ1) is 11.0. The average molecular weight is 331 g/mol. The van der Waals surface area contributed by atoms with Crippen molar-refractivity contribution in [2.24, 2.45) is 0 Å². The number of anilines is 2. The first kappa shape index (κ1) is 15.4. The Morgan fingerprint density at radius 1 is 1.35 bits per heavy atom. The molecule has 0 saturated heterocycles. The van der Waals surface area contributed by atoms with Crippen molar-refractivity contribution in [2.45, 2.75) is 11.2 Å². The van der Waals surface area contributed by atoms with Crippen molar-refractivity contribution in [3.8, 4) is 0 Å². The molecular formula is C15H17N5O2S. The van der Waals surface area contributed by atoms with E-state index < -0.39 is 5.97 Å². The maximum Gasteiger partial charge on any atom is 0.352 e. The van der Waals surface area contributed by atoms with Crippen molar-refractivity contribution < 1.29 is 9.90 Å². The fourth-order valence-electron chi connectivity index (χ4n) is 2.39. The summed E-state index contributed by atoms with van der Waals surface area (Å²) in [7, 11) is 3.95. The van der Waals surface area contributed by atoms with Gasteiger partial charge < -0.3 is 15.3 Å². The molecule has 3 rings (SSSR count). The molecule has 7 nitrogen and oxygen atoms in total. The molecule has 1 aliphatic heterocycles. The van der Waals surface area contributed by atoms with Crippen molar-refractivity contribution in [3.63, 3.8) is 0 Å². The first-order valence-corrected chi connectivity index (χ1v) is 8.22. The third kappa shape index (κ3) is 2.89. The van der Waals surface area contributed by atoms with Crippen LogP contribution in [0.5, 0.6) is 0 Å². The smallest absolute Gasteiger partial charge is 0.352 e. The predicted octanol–water partition coefficient (Wildman–Crippen LogP) is 2.05. The molecule has 0 spiro atoms. The molecule has 2 N–H and O–H groups in total. The van der Waals surface area contributed by atoms with E-state index in [-0.39, 0.29) is 11.7 Å². The molecule has 0 radical (unpaired) electrons. The van der Waals surface area contributed by atoms with Gasteiger partial charge in [0.2, 0.25) is 11.1 Å². The number of thioether (sulfide) groups is 1. The second kappa shape index (κ2) is 5.96. The van der Waals surface area contributed by atoms with Crippen molar-refractivity contribution in [1.82, 2.24) is 14.8 Å². The standard InChI is InChI=1S/C15H17N5O2S/c1-19(2)10-6-4-9(5-7-10)12-8-11(13(21)22)16-14-17-15(23-3)18-20(12)14/h4-8,12H,1-3H3,(H,21,22)(H,16,17,18)/t12-/m1/s1. The van der Waals surface area contributed by atoms with E-state index >= 15 is 0 Å². The molecule has 23 heavy (non-hydrogen) atoms. The highest BCUT2D eigenvalue weighted by Crippen LogP contribution is 2.31. The van der Waals surface area contributed by atoms with Gasteiger partial charge in [0, 0.05) is 19.8 Å². The van der Waals surface area contributed by atoms with E-state index in [1.165, 1.54) is 11.8 Å². The van der Waals surface area contributed by atoms with Gasteiger partial charge in [-0.3, -0.25) is 0 Å². The number of allylic oxidation sites excluding steroid dienone is 1. The maximum atomic E-state index is 11.4. The van der Waals surface area contributed by atoms with Crippen LogP contribution in [0.3, 0.4) is 0 Å². The van der Waals surface area contributed by atoms with Gasteiger partial charge in [0.05, 0.1) is 0 Å². The normalized spacial score (nSPS) is 16.3. The first-order valence-electron chi connectivity index (χ1n) is 6.99. The molecule has 2 heterocycles. The lowest BCUT2D eigenvalue weighted by molar-refractivity contribution is -0.132. The van der Waals surface area contributed by atoms with E-state index in [1.807, 2.05) is 49.5 Å². The molecule has 0 aliphatic carbocycles. The number of fused-ring (bicyclic) bond motifs is 1. The summed E-state index contributed by atoms with van der Waals surface area (Å²) in [6.07, 6.45) is 3.53. The lowest BCUT2D eigenvalue weighted by atomic mass is 10.0. The Kier molecular flexibility index (Phi) is 3.99. The quantitative estimate of drug-likeness (QED) is 0.830. The molecule has 0 bridgehead atoms. The van der Waals surface area contributed by atoms with E-state index in [4.69, 9.17) is 0 Å². The summed E-state index contributed by atoms with van der Waals surface area (Å²) in [5.74, 6) is -0.573. The van der Waals surface area contributed by atoms with Gasteiger partial charge in [-0.2, -0.15) is 4.98 Å². The third-order valence-corrected chi connectivity index (χ3v) is 4.15. The number of aliphatic carboxylic acids is 1. The summed E-state index contributed by atoms with van der Waals surface area (Å²) in [5, 5.41) is 17.2.